The van der Waals surface area contributed by atoms with Gasteiger partial charge in [0.2, 0.25) is 0 Å². The molecule has 0 bridgehead atoms. The Morgan fingerprint density at radius 2 is 1.88 bits per heavy atom. The largest absolute Gasteiger partial charge is 0.516 e. The number of hydrogen-bond donors (Lipinski definition) is 4. The van der Waals surface area contributed by atoms with Crippen LogP contribution in [0.5, 0.6) is 0 Å². The molecule has 1 atom stereocenters. The van der Waals surface area contributed by atoms with Crippen molar-refractivity contribution in [3.63, 3.8) is 0 Å². The second-order valence-corrected chi connectivity index (χ2v) is 9.62. The minimum atomic E-state index is -1.24. The van der Waals surface area contributed by atoms with Crippen LogP contribution in [-0.4, -0.2) is 27.9 Å². The molecular weight excluding hydrogens is 548 g/mol. The van der Waals surface area contributed by atoms with E-state index in [2.05, 4.69) is 17.2 Å². The third kappa shape index (κ3) is 8.60. The molecule has 0 saturated heterocycles. The first-order valence-electron chi connectivity index (χ1n) is 14.1. The summed E-state index contributed by atoms with van der Waals surface area (Å²) in [6.45, 7) is 14.3. The zero-order valence-corrected chi connectivity index (χ0v) is 25.9. The van der Waals surface area contributed by atoms with E-state index in [0.29, 0.717) is 46.9 Å². The normalized spacial score (nSPS) is 16.7. The van der Waals surface area contributed by atoms with Crippen molar-refractivity contribution in [2.24, 2.45) is 0 Å². The van der Waals surface area contributed by atoms with Gasteiger partial charge in [0, 0.05) is 42.3 Å². The molecule has 0 saturated carbocycles. The maximum Gasteiger partial charge on any atom is 0.339 e. The summed E-state index contributed by atoms with van der Waals surface area (Å²) in [7, 11) is 0. The lowest BCUT2D eigenvalue weighted by molar-refractivity contribution is 0.00981. The number of esters is 1. The van der Waals surface area contributed by atoms with E-state index >= 15 is 0 Å². The highest BCUT2D eigenvalue weighted by Gasteiger charge is 2.48. The Kier molecular flexibility index (Phi) is 13.6. The van der Waals surface area contributed by atoms with Gasteiger partial charge in [-0.25, -0.2) is 4.79 Å². The molecule has 1 unspecified atom stereocenters. The fourth-order valence-corrected chi connectivity index (χ4v) is 4.51. The summed E-state index contributed by atoms with van der Waals surface area (Å²) in [4.78, 5) is 13.3. The van der Waals surface area contributed by atoms with E-state index < -0.39 is 11.6 Å². The minimum Gasteiger partial charge on any atom is -0.516 e. The predicted octanol–water partition coefficient (Wildman–Crippen LogP) is 8.22. The summed E-state index contributed by atoms with van der Waals surface area (Å²) < 4.78 is 12.0. The quantitative estimate of drug-likeness (QED) is 0.0645. The molecule has 42 heavy (non-hydrogen) atoms. The first kappa shape index (κ1) is 33.9. The number of aliphatic hydroxyl groups is 2. The number of carbonyl (C=O) groups excluding carboxylic acids is 1. The molecule has 0 spiro atoms. The van der Waals surface area contributed by atoms with Crippen molar-refractivity contribution in [1.82, 2.24) is 5.32 Å². The van der Waals surface area contributed by atoms with E-state index in [-0.39, 0.29) is 18.1 Å². The van der Waals surface area contributed by atoms with Crippen LogP contribution >= 0.6 is 12.2 Å². The zero-order valence-electron chi connectivity index (χ0n) is 25.1. The summed E-state index contributed by atoms with van der Waals surface area (Å²) in [5.74, 6) is -0.139. The molecule has 3 rings (SSSR count). The number of aliphatic hydroxyl groups excluding tert-OH is 2. The van der Waals surface area contributed by atoms with E-state index in [1.54, 1.807) is 19.1 Å². The number of allylic oxidation sites excluding steroid dienone is 3. The molecule has 1 aliphatic heterocycles. The van der Waals surface area contributed by atoms with Gasteiger partial charge >= 0.3 is 5.97 Å². The Labute approximate surface area is 255 Å². The van der Waals surface area contributed by atoms with E-state index in [0.717, 1.165) is 11.8 Å². The number of rotatable bonds is 12. The topological polar surface area (TPSA) is 100 Å². The molecule has 4 N–H and O–H groups in total. The summed E-state index contributed by atoms with van der Waals surface area (Å²) in [5.41, 5.74) is 3.17. The predicted molar refractivity (Wildman–Crippen MR) is 175 cm³/mol. The molecule has 224 valence electrons. The molecule has 2 aromatic rings. The number of benzene rings is 2. The van der Waals surface area contributed by atoms with Crippen molar-refractivity contribution in [2.45, 2.75) is 59.6 Å². The SMILES string of the molecule is C=C/C(=C(\C=C(\O)CC)OC/C=C/O)C1(C/C=C\C)OC(=O)c2cc(NC(=S)NCc3ccc(C)cc3)ccc21.CC. The van der Waals surface area contributed by atoms with Crippen LogP contribution in [0.2, 0.25) is 0 Å². The smallest absolute Gasteiger partial charge is 0.339 e. The van der Waals surface area contributed by atoms with Gasteiger partial charge < -0.3 is 30.3 Å². The lowest BCUT2D eigenvalue weighted by Gasteiger charge is -2.31. The van der Waals surface area contributed by atoms with Crippen molar-refractivity contribution in [3.05, 3.63) is 125 Å². The summed E-state index contributed by atoms with van der Waals surface area (Å²) >= 11 is 5.48. The van der Waals surface area contributed by atoms with Crippen LogP contribution < -0.4 is 10.6 Å². The Morgan fingerprint density at radius 1 is 1.17 bits per heavy atom. The number of hydrogen-bond acceptors (Lipinski definition) is 6. The third-order valence-corrected chi connectivity index (χ3v) is 6.67. The van der Waals surface area contributed by atoms with Crippen molar-refractivity contribution in [3.8, 4) is 0 Å². The van der Waals surface area contributed by atoms with Crippen LogP contribution in [-0.2, 0) is 21.6 Å². The van der Waals surface area contributed by atoms with Gasteiger partial charge in [0.25, 0.3) is 0 Å². The van der Waals surface area contributed by atoms with E-state index in [1.807, 2.05) is 76.2 Å². The monoisotopic (exact) mass is 590 g/mol. The van der Waals surface area contributed by atoms with Crippen LogP contribution in [0.3, 0.4) is 0 Å². The van der Waals surface area contributed by atoms with Gasteiger partial charge in [-0.2, -0.15) is 0 Å². The number of carbonyl (C=O) groups is 1. The molecule has 0 aliphatic carbocycles. The molecule has 7 nitrogen and oxygen atoms in total. The molecule has 0 radical (unpaired) electrons. The fourth-order valence-electron chi connectivity index (χ4n) is 4.32. The van der Waals surface area contributed by atoms with Gasteiger partial charge in [0.1, 0.15) is 12.4 Å². The number of anilines is 1. The fraction of sp³-hybridized carbons (Fsp3) is 0.294. The maximum atomic E-state index is 13.3. The number of aryl methyl sites for hydroxylation is 1. The molecular formula is C34H42N2O5S. The standard InChI is InChI=1S/C32H36N2O5S.C2H6/c1-5-8-16-32(27(7-3)29(20-25(36)6-2)38-18-9-17-35)28-15-14-24(19-26(28)30(37)39-32)34-31(40)33-21-23-12-10-22(4)11-13-23;1-2/h5,7-15,17,19-20,35-36H,3,6,16,18,21H2,1-2,4H3,(H2,33,34,40);1-2H3/b8-5-,17-9+,25-20+,29-27-;. The van der Waals surface area contributed by atoms with Crippen LogP contribution in [0.25, 0.3) is 0 Å². The highest BCUT2D eigenvalue weighted by molar-refractivity contribution is 7.80. The van der Waals surface area contributed by atoms with E-state index in [4.69, 9.17) is 26.8 Å². The highest BCUT2D eigenvalue weighted by Crippen LogP contribution is 2.47. The number of nitrogens with one attached hydrogen (secondary N) is 2. The Hall–Kier alpha value is -4.30. The molecule has 2 aromatic carbocycles. The maximum absolute atomic E-state index is 13.3. The minimum absolute atomic E-state index is 0.0348. The Bertz CT molecular complexity index is 1360. The van der Waals surface area contributed by atoms with Gasteiger partial charge in [0.15, 0.2) is 10.7 Å². The number of thiocarbonyl (C=S) groups is 1. The molecule has 0 fully saturated rings. The molecule has 1 heterocycles. The van der Waals surface area contributed by atoms with E-state index in [1.165, 1.54) is 17.7 Å². The number of fused-ring (bicyclic) bond motifs is 1. The van der Waals surface area contributed by atoms with Gasteiger partial charge in [-0.15, -0.1) is 0 Å². The second kappa shape index (κ2) is 16.8. The average Bonchev–Trinajstić information content (AvgIpc) is 3.28. The Balaban J connectivity index is 0.00000301. The van der Waals surface area contributed by atoms with Crippen molar-refractivity contribution in [2.75, 3.05) is 11.9 Å². The first-order valence-corrected chi connectivity index (χ1v) is 14.5. The summed E-state index contributed by atoms with van der Waals surface area (Å²) in [6, 6.07) is 13.5. The van der Waals surface area contributed by atoms with Crippen LogP contribution in [0, 0.1) is 6.92 Å². The lowest BCUT2D eigenvalue weighted by Crippen LogP contribution is -2.29. The molecule has 1 aliphatic rings. The van der Waals surface area contributed by atoms with Crippen LogP contribution in [0.15, 0.2) is 103 Å². The molecule has 0 amide bonds. The van der Waals surface area contributed by atoms with Crippen molar-refractivity contribution in [1.29, 1.82) is 0 Å². The van der Waals surface area contributed by atoms with Gasteiger partial charge in [-0.1, -0.05) is 81.5 Å². The van der Waals surface area contributed by atoms with Crippen LogP contribution in [0.1, 0.15) is 67.6 Å². The van der Waals surface area contributed by atoms with Crippen LogP contribution in [0.4, 0.5) is 5.69 Å². The zero-order chi connectivity index (χ0) is 31.1. The molecule has 0 aromatic heterocycles. The summed E-state index contributed by atoms with van der Waals surface area (Å²) in [6.07, 6.45) is 9.81. The number of cyclic esters (lactones) is 1. The van der Waals surface area contributed by atoms with Gasteiger partial charge in [0.05, 0.1) is 17.6 Å². The first-order chi connectivity index (χ1) is 20.3. The van der Waals surface area contributed by atoms with E-state index in [9.17, 15) is 9.90 Å². The van der Waals surface area contributed by atoms with Crippen molar-refractivity contribution >= 4 is 29.0 Å². The second-order valence-electron chi connectivity index (χ2n) is 9.21. The average molecular weight is 591 g/mol. The molecule has 8 heteroatoms. The van der Waals surface area contributed by atoms with Crippen molar-refractivity contribution < 1.29 is 24.5 Å². The highest BCUT2D eigenvalue weighted by atomic mass is 32.1. The van der Waals surface area contributed by atoms with Gasteiger partial charge in [-0.05, 0) is 49.8 Å². The Morgan fingerprint density at radius 3 is 2.50 bits per heavy atom. The summed E-state index contributed by atoms with van der Waals surface area (Å²) in [5, 5.41) is 26.2. The lowest BCUT2D eigenvalue weighted by atomic mass is 9.81. The number of ether oxygens (including phenoxy) is 2. The van der Waals surface area contributed by atoms with Gasteiger partial charge in [-0.3, -0.25) is 0 Å². The third-order valence-electron chi connectivity index (χ3n) is 6.42.